The molecule has 3 N–H and O–H groups in total. The number of nitrogens with one attached hydrogen (secondary N) is 1. The number of methoxy groups -OCH3 is 1. The van der Waals surface area contributed by atoms with E-state index in [1.165, 1.54) is 7.11 Å². The highest BCUT2D eigenvalue weighted by atomic mass is 19.1. The van der Waals surface area contributed by atoms with Gasteiger partial charge in [0.1, 0.15) is 24.3 Å². The molecule has 0 fully saturated rings. The van der Waals surface area contributed by atoms with Crippen molar-refractivity contribution in [3.05, 3.63) is 96.5 Å². The number of ether oxygens (including phenoxy) is 1. The molecule has 4 rings (SSSR count). The quantitative estimate of drug-likeness (QED) is 0.159. The lowest BCUT2D eigenvalue weighted by Crippen LogP contribution is -2.29. The molecule has 0 saturated heterocycles. The van der Waals surface area contributed by atoms with Crippen molar-refractivity contribution in [2.24, 2.45) is 10.7 Å². The Morgan fingerprint density at radius 3 is 2.43 bits per heavy atom. The lowest BCUT2D eigenvalue weighted by Gasteiger charge is -2.17. The number of aliphatic imine (C=N–C) groups is 1. The minimum atomic E-state index is -0.794. The second-order valence-corrected chi connectivity index (χ2v) is 8.38. The first-order chi connectivity index (χ1) is 18.1. The fraction of sp³-hybridized carbons (Fsp3) is 0.207. The van der Waals surface area contributed by atoms with Crippen molar-refractivity contribution in [2.45, 2.75) is 18.9 Å². The Morgan fingerprint density at radius 2 is 1.76 bits per heavy atom. The second-order valence-electron chi connectivity index (χ2n) is 8.38. The number of amides is 1. The third kappa shape index (κ3) is 6.61. The lowest BCUT2D eigenvalue weighted by atomic mass is 10.0. The standard InChI is InChI=1S/C29H29FN4O3/c1-36-25-15-14-22(20-9-4-2-5-10-20)17-23(25)28(35)34-24(13-8-16-32-27(31)18-30)29-33-19-26(37-29)21-11-6-3-7-12-21/h2-7,9-12,14-15,17,19,24H,8,13,16,18H2,1H3,(H2,31,32)(H,34,35)/t24-/m0/s1. The number of hydrogen-bond donors (Lipinski definition) is 2. The maximum Gasteiger partial charge on any atom is 0.255 e. The maximum atomic E-state index is 13.5. The third-order valence-electron chi connectivity index (χ3n) is 5.84. The second kappa shape index (κ2) is 12.5. The summed E-state index contributed by atoms with van der Waals surface area (Å²) >= 11 is 0. The molecule has 1 heterocycles. The van der Waals surface area contributed by atoms with Crippen LogP contribution in [-0.4, -0.2) is 37.1 Å². The van der Waals surface area contributed by atoms with Crippen molar-refractivity contribution in [1.29, 1.82) is 0 Å². The van der Waals surface area contributed by atoms with Gasteiger partial charge in [0.2, 0.25) is 5.89 Å². The van der Waals surface area contributed by atoms with Crippen LogP contribution in [0, 0.1) is 0 Å². The van der Waals surface area contributed by atoms with Gasteiger partial charge >= 0.3 is 0 Å². The predicted molar refractivity (Wildman–Crippen MR) is 142 cm³/mol. The topological polar surface area (TPSA) is 103 Å². The van der Waals surface area contributed by atoms with E-state index in [0.717, 1.165) is 16.7 Å². The van der Waals surface area contributed by atoms with E-state index in [1.54, 1.807) is 18.3 Å². The van der Waals surface area contributed by atoms with Crippen LogP contribution in [-0.2, 0) is 0 Å². The molecule has 8 heteroatoms. The van der Waals surface area contributed by atoms with Gasteiger partial charge in [-0.05, 0) is 36.1 Å². The summed E-state index contributed by atoms with van der Waals surface area (Å²) in [6.07, 6.45) is 2.64. The van der Waals surface area contributed by atoms with Crippen LogP contribution in [0.3, 0.4) is 0 Å². The zero-order valence-electron chi connectivity index (χ0n) is 20.6. The molecule has 1 amide bonds. The first kappa shape index (κ1) is 25.6. The molecule has 1 aromatic heterocycles. The summed E-state index contributed by atoms with van der Waals surface area (Å²) in [5, 5.41) is 3.04. The number of rotatable bonds is 11. The monoisotopic (exact) mass is 500 g/mol. The number of oxazole rings is 1. The number of aromatic nitrogens is 1. The number of hydrogen-bond acceptors (Lipinski definition) is 5. The molecule has 7 nitrogen and oxygen atoms in total. The van der Waals surface area contributed by atoms with Gasteiger partial charge in [-0.2, -0.15) is 0 Å². The van der Waals surface area contributed by atoms with Crippen molar-refractivity contribution in [3.8, 4) is 28.2 Å². The molecule has 1 atom stereocenters. The SMILES string of the molecule is COc1ccc(-c2ccccc2)cc1C(=O)N[C@@H](CCCN=C(N)CF)c1ncc(-c2ccccc2)o1. The minimum absolute atomic E-state index is 0.0504. The molecule has 4 aromatic rings. The number of nitrogens with two attached hydrogens (primary N) is 1. The molecule has 190 valence electrons. The van der Waals surface area contributed by atoms with E-state index in [9.17, 15) is 9.18 Å². The molecule has 0 spiro atoms. The number of amidine groups is 1. The smallest absolute Gasteiger partial charge is 0.255 e. The average Bonchev–Trinajstić information content (AvgIpc) is 3.45. The van der Waals surface area contributed by atoms with Crippen molar-refractivity contribution in [2.75, 3.05) is 20.3 Å². The number of benzene rings is 3. The van der Waals surface area contributed by atoms with Gasteiger partial charge < -0.3 is 20.2 Å². The first-order valence-corrected chi connectivity index (χ1v) is 12.0. The van der Waals surface area contributed by atoms with Crippen LogP contribution in [0.2, 0.25) is 0 Å². The van der Waals surface area contributed by atoms with Crippen LogP contribution in [0.15, 0.2) is 94.5 Å². The summed E-state index contributed by atoms with van der Waals surface area (Å²) in [5.41, 5.74) is 8.63. The highest BCUT2D eigenvalue weighted by Crippen LogP contribution is 2.29. The molecule has 3 aromatic carbocycles. The summed E-state index contributed by atoms with van der Waals surface area (Å²) in [7, 11) is 1.53. The Balaban J connectivity index is 1.59. The molecule has 0 saturated carbocycles. The Morgan fingerprint density at radius 1 is 1.05 bits per heavy atom. The van der Waals surface area contributed by atoms with Gasteiger partial charge in [-0.15, -0.1) is 0 Å². The number of nitrogens with zero attached hydrogens (tertiary/aromatic N) is 2. The van der Waals surface area contributed by atoms with Crippen molar-refractivity contribution in [3.63, 3.8) is 0 Å². The van der Waals surface area contributed by atoms with Gasteiger partial charge in [0, 0.05) is 12.1 Å². The fourth-order valence-electron chi connectivity index (χ4n) is 3.93. The number of alkyl halides is 1. The Bertz CT molecular complexity index is 1340. The van der Waals surface area contributed by atoms with E-state index in [-0.39, 0.29) is 11.7 Å². The van der Waals surface area contributed by atoms with Gasteiger partial charge in [0.25, 0.3) is 5.91 Å². The first-order valence-electron chi connectivity index (χ1n) is 12.0. The summed E-state index contributed by atoms with van der Waals surface area (Å²) in [4.78, 5) is 21.9. The van der Waals surface area contributed by atoms with E-state index in [4.69, 9.17) is 14.9 Å². The zero-order chi connectivity index (χ0) is 26.0. The molecule has 0 aliphatic heterocycles. The molecule has 37 heavy (non-hydrogen) atoms. The molecular formula is C29H29FN4O3. The molecule has 0 unspecified atom stereocenters. The molecular weight excluding hydrogens is 471 g/mol. The van der Waals surface area contributed by atoms with E-state index in [1.807, 2.05) is 66.7 Å². The molecule has 0 radical (unpaired) electrons. The third-order valence-corrected chi connectivity index (χ3v) is 5.84. The van der Waals surface area contributed by atoms with Crippen LogP contribution in [0.4, 0.5) is 4.39 Å². The van der Waals surface area contributed by atoms with Crippen LogP contribution >= 0.6 is 0 Å². The summed E-state index contributed by atoms with van der Waals surface area (Å²) in [6, 6.07) is 24.3. The van der Waals surface area contributed by atoms with Crippen LogP contribution in [0.1, 0.15) is 35.1 Å². The van der Waals surface area contributed by atoms with Gasteiger partial charge in [0.05, 0.1) is 18.9 Å². The zero-order valence-corrected chi connectivity index (χ0v) is 20.6. The summed E-state index contributed by atoms with van der Waals surface area (Å²) < 4.78 is 24.2. The van der Waals surface area contributed by atoms with Crippen LogP contribution in [0.5, 0.6) is 5.75 Å². The van der Waals surface area contributed by atoms with Crippen LogP contribution in [0.25, 0.3) is 22.5 Å². The highest BCUT2D eigenvalue weighted by molar-refractivity contribution is 5.98. The van der Waals surface area contributed by atoms with Gasteiger partial charge in [-0.3, -0.25) is 9.79 Å². The largest absolute Gasteiger partial charge is 0.496 e. The molecule has 0 bridgehead atoms. The summed E-state index contributed by atoms with van der Waals surface area (Å²) in [6.45, 7) is -0.473. The average molecular weight is 501 g/mol. The minimum Gasteiger partial charge on any atom is -0.496 e. The highest BCUT2D eigenvalue weighted by Gasteiger charge is 2.23. The van der Waals surface area contributed by atoms with Crippen molar-refractivity contribution in [1.82, 2.24) is 10.3 Å². The lowest BCUT2D eigenvalue weighted by molar-refractivity contribution is 0.0924. The number of carbonyl (C=O) groups is 1. The fourth-order valence-corrected chi connectivity index (χ4v) is 3.93. The summed E-state index contributed by atoms with van der Waals surface area (Å²) in [5.74, 6) is 1.04. The normalized spacial score (nSPS) is 12.2. The Kier molecular flexibility index (Phi) is 8.65. The maximum absolute atomic E-state index is 13.5. The van der Waals surface area contributed by atoms with Gasteiger partial charge in [-0.1, -0.05) is 66.7 Å². The van der Waals surface area contributed by atoms with E-state index in [0.29, 0.717) is 42.4 Å². The molecule has 0 aliphatic carbocycles. The number of halogens is 1. The van der Waals surface area contributed by atoms with Gasteiger partial charge in [-0.25, -0.2) is 9.37 Å². The van der Waals surface area contributed by atoms with Crippen LogP contribution < -0.4 is 15.8 Å². The van der Waals surface area contributed by atoms with Gasteiger partial charge in [0.15, 0.2) is 5.76 Å². The number of carbonyl (C=O) groups excluding carboxylic acids is 1. The van der Waals surface area contributed by atoms with Crippen molar-refractivity contribution >= 4 is 11.7 Å². The molecule has 0 aliphatic rings. The van der Waals surface area contributed by atoms with Crippen molar-refractivity contribution < 1.29 is 18.3 Å². The van der Waals surface area contributed by atoms with E-state index in [2.05, 4.69) is 15.3 Å². The van der Waals surface area contributed by atoms with E-state index < -0.39 is 12.7 Å². The Hall–Kier alpha value is -4.46. The Labute approximate surface area is 215 Å². The predicted octanol–water partition coefficient (Wildman–Crippen LogP) is 5.60. The van der Waals surface area contributed by atoms with E-state index >= 15 is 0 Å².